The van der Waals surface area contributed by atoms with Crippen LogP contribution in [-0.4, -0.2) is 117 Å². The van der Waals surface area contributed by atoms with Crippen LogP contribution in [0, 0.1) is 5.92 Å². The third kappa shape index (κ3) is 7.95. The maximum Gasteiger partial charge on any atom is 0.262 e. The first-order chi connectivity index (χ1) is 30.6. The Morgan fingerprint density at radius 3 is 2.21 bits per heavy atom. The van der Waals surface area contributed by atoms with Crippen molar-refractivity contribution in [1.82, 2.24) is 40.0 Å². The quantitative estimate of drug-likeness (QED) is 0.151. The van der Waals surface area contributed by atoms with Crippen LogP contribution in [0.1, 0.15) is 75.6 Å². The predicted octanol–water partition coefficient (Wildman–Crippen LogP) is 5.45. The van der Waals surface area contributed by atoms with E-state index in [4.69, 9.17) is 23.2 Å². The van der Waals surface area contributed by atoms with Gasteiger partial charge in [0.05, 0.1) is 33.1 Å². The number of halogens is 2. The molecule has 6 heterocycles. The van der Waals surface area contributed by atoms with E-state index in [1.807, 2.05) is 10.6 Å². The molecule has 0 spiro atoms. The second-order valence-corrected chi connectivity index (χ2v) is 17.8. The average Bonchev–Trinajstić information content (AvgIpc) is 3.80. The Bertz CT molecular complexity index is 2620. The summed E-state index contributed by atoms with van der Waals surface area (Å²) in [5, 5.41) is 9.38. The summed E-state index contributed by atoms with van der Waals surface area (Å²) in [5.41, 5.74) is 5.29. The lowest BCUT2D eigenvalue weighted by Gasteiger charge is -2.40. The van der Waals surface area contributed by atoms with E-state index in [1.165, 1.54) is 5.69 Å². The van der Waals surface area contributed by atoms with Crippen molar-refractivity contribution in [2.45, 2.75) is 56.7 Å². The van der Waals surface area contributed by atoms with Crippen molar-refractivity contribution < 1.29 is 24.0 Å². The maximum atomic E-state index is 13.4. The van der Waals surface area contributed by atoms with Gasteiger partial charge in [0.2, 0.25) is 11.8 Å². The number of piperazine rings is 1. The van der Waals surface area contributed by atoms with Gasteiger partial charge in [0.15, 0.2) is 17.0 Å². The normalized spacial score (nSPS) is 22.0. The molecule has 5 aromatic rings. The summed E-state index contributed by atoms with van der Waals surface area (Å²) in [6, 6.07) is 17.9. The van der Waals surface area contributed by atoms with Crippen LogP contribution in [0.5, 0.6) is 0 Å². The summed E-state index contributed by atoms with van der Waals surface area (Å²) < 4.78 is 2.05. The van der Waals surface area contributed by atoms with Crippen LogP contribution in [0.15, 0.2) is 73.3 Å². The van der Waals surface area contributed by atoms with Gasteiger partial charge in [-0.15, -0.1) is 0 Å². The van der Waals surface area contributed by atoms with E-state index in [1.54, 1.807) is 43.0 Å². The monoisotopic (exact) mass is 889 g/mol. The molecular formula is C45H45Cl2N11O5. The van der Waals surface area contributed by atoms with E-state index in [-0.39, 0.29) is 36.7 Å². The van der Waals surface area contributed by atoms with Gasteiger partial charge in [0.25, 0.3) is 17.7 Å². The molecule has 63 heavy (non-hydrogen) atoms. The zero-order valence-corrected chi connectivity index (χ0v) is 35.8. The molecule has 2 aromatic heterocycles. The Balaban J connectivity index is 0.682. The van der Waals surface area contributed by atoms with Gasteiger partial charge in [-0.3, -0.25) is 39.1 Å². The van der Waals surface area contributed by atoms with Crippen LogP contribution in [0.3, 0.4) is 0 Å². The van der Waals surface area contributed by atoms with Gasteiger partial charge in [0.1, 0.15) is 12.4 Å². The number of benzene rings is 3. The summed E-state index contributed by atoms with van der Waals surface area (Å²) >= 11 is 12.5. The van der Waals surface area contributed by atoms with Gasteiger partial charge in [-0.25, -0.2) is 15.0 Å². The smallest absolute Gasteiger partial charge is 0.262 e. The number of nitrogens with one attached hydrogen (secondary N) is 3. The molecular weight excluding hydrogens is 845 g/mol. The number of piperidine rings is 2. The zero-order valence-electron chi connectivity index (χ0n) is 34.3. The topological polar surface area (TPSA) is 178 Å². The molecule has 324 valence electrons. The van der Waals surface area contributed by atoms with E-state index in [2.05, 4.69) is 69.9 Å². The lowest BCUT2D eigenvalue weighted by atomic mass is 9.86. The minimum Gasteiger partial charge on any atom is -0.371 e. The highest BCUT2D eigenvalue weighted by Crippen LogP contribution is 2.37. The highest BCUT2D eigenvalue weighted by atomic mass is 35.5. The largest absolute Gasteiger partial charge is 0.371 e. The molecule has 5 aliphatic rings. The van der Waals surface area contributed by atoms with E-state index in [0.717, 1.165) is 93.4 Å². The Labute approximate surface area is 372 Å². The number of imide groups is 2. The average molecular weight is 891 g/mol. The number of anilines is 4. The molecule has 0 unspecified atom stereocenters. The van der Waals surface area contributed by atoms with Crippen molar-refractivity contribution in [1.29, 1.82) is 0 Å². The van der Waals surface area contributed by atoms with Gasteiger partial charge in [-0.1, -0.05) is 29.3 Å². The number of rotatable bonds is 10. The highest BCUT2D eigenvalue weighted by Gasteiger charge is 2.45. The van der Waals surface area contributed by atoms with Crippen LogP contribution in [0.2, 0.25) is 10.0 Å². The number of nitrogens with zero attached hydrogens (tertiary/aromatic N) is 8. The molecule has 4 fully saturated rings. The molecule has 16 nitrogen and oxygen atoms in total. The van der Waals surface area contributed by atoms with Crippen LogP contribution in [0.4, 0.5) is 22.9 Å². The third-order valence-corrected chi connectivity index (χ3v) is 13.8. The standard InChI is InChI=1S/C45H45Cl2N11O5/c46-34-2-1-3-35(47)38(34)43(61)52-28-20-31(21-28)57-25-50-39-40(48-24-49-41(39)57)51-27-4-6-29(7-5-27)56-18-16-54(17-19-56)23-26-12-14-55(15-13-26)30-8-9-32-33(22-30)45(63)58(44(32)62)36-10-11-37(59)53-42(36)60/h1-9,22,24-26,28,31,36H,10-21,23H2,(H,52,61)(H,48,49,51)(H,53,59,60)/t28?,31?,36-/m0/s1. The first-order valence-electron chi connectivity index (χ1n) is 21.5. The fourth-order valence-electron chi connectivity index (χ4n) is 9.59. The number of aromatic nitrogens is 4. The van der Waals surface area contributed by atoms with Crippen LogP contribution >= 0.6 is 23.2 Å². The van der Waals surface area contributed by atoms with Crippen LogP contribution in [-0.2, 0) is 9.59 Å². The Hall–Kier alpha value is -6.10. The summed E-state index contributed by atoms with van der Waals surface area (Å²) in [7, 11) is 0. The maximum absolute atomic E-state index is 13.4. The van der Waals surface area contributed by atoms with Gasteiger partial charge < -0.3 is 25.0 Å². The summed E-state index contributed by atoms with van der Waals surface area (Å²) in [6.45, 7) is 6.60. The van der Waals surface area contributed by atoms with Gasteiger partial charge in [0, 0.05) is 81.4 Å². The fourth-order valence-corrected chi connectivity index (χ4v) is 10.2. The van der Waals surface area contributed by atoms with Crippen molar-refractivity contribution in [2.75, 3.05) is 60.9 Å². The van der Waals surface area contributed by atoms with Crippen molar-refractivity contribution in [2.24, 2.45) is 5.92 Å². The fraction of sp³-hybridized carbons (Fsp3) is 0.378. The molecule has 3 aromatic carbocycles. The number of hydrogen-bond acceptors (Lipinski definition) is 12. The van der Waals surface area contributed by atoms with Crippen molar-refractivity contribution in [3.63, 3.8) is 0 Å². The minimum atomic E-state index is -0.970. The number of fused-ring (bicyclic) bond motifs is 2. The second kappa shape index (κ2) is 16.9. The minimum absolute atomic E-state index is 0.0168. The number of imidazole rings is 1. The molecule has 3 N–H and O–H groups in total. The van der Waals surface area contributed by atoms with Crippen molar-refractivity contribution >= 4 is 86.8 Å². The lowest BCUT2D eigenvalue weighted by molar-refractivity contribution is -0.136. The highest BCUT2D eigenvalue weighted by molar-refractivity contribution is 6.39. The van der Waals surface area contributed by atoms with Gasteiger partial charge >= 0.3 is 0 Å². The zero-order chi connectivity index (χ0) is 43.4. The Kier molecular flexibility index (Phi) is 11.0. The number of carbonyl (C=O) groups excluding carboxylic acids is 5. The lowest BCUT2D eigenvalue weighted by Crippen LogP contribution is -2.54. The molecule has 0 bridgehead atoms. The van der Waals surface area contributed by atoms with E-state index in [0.29, 0.717) is 44.0 Å². The first kappa shape index (κ1) is 40.9. The molecule has 1 atom stereocenters. The SMILES string of the molecule is O=C1CC[C@H](N2C(=O)c3ccc(N4CCC(CN5CCN(c6ccc(Nc7ncnc8c7ncn8C7CC(NC(=O)c8c(Cl)cccc8Cl)C7)cc6)CC5)CC4)cc3C2=O)C(=O)N1. The molecule has 1 saturated carbocycles. The molecule has 0 radical (unpaired) electrons. The van der Waals surface area contributed by atoms with Gasteiger partial charge in [-0.05, 0) is 92.6 Å². The van der Waals surface area contributed by atoms with Crippen LogP contribution < -0.4 is 25.8 Å². The van der Waals surface area contributed by atoms with Crippen molar-refractivity contribution in [3.8, 4) is 0 Å². The van der Waals surface area contributed by atoms with Crippen molar-refractivity contribution in [3.05, 3.63) is 100 Å². The summed E-state index contributed by atoms with van der Waals surface area (Å²) in [4.78, 5) is 85.5. The third-order valence-electron chi connectivity index (χ3n) is 13.2. The van der Waals surface area contributed by atoms with E-state index >= 15 is 0 Å². The van der Waals surface area contributed by atoms with Gasteiger partial charge in [-0.2, -0.15) is 0 Å². The van der Waals surface area contributed by atoms with Crippen LogP contribution in [0.25, 0.3) is 11.2 Å². The number of hydrogen-bond donors (Lipinski definition) is 3. The predicted molar refractivity (Wildman–Crippen MR) is 238 cm³/mol. The van der Waals surface area contributed by atoms with E-state index < -0.39 is 23.8 Å². The van der Waals surface area contributed by atoms with E-state index in [9.17, 15) is 24.0 Å². The number of amides is 5. The Morgan fingerprint density at radius 1 is 0.778 bits per heavy atom. The number of carbonyl (C=O) groups is 5. The molecule has 18 heteroatoms. The molecule has 1 aliphatic carbocycles. The second-order valence-electron chi connectivity index (χ2n) is 17.0. The molecule has 3 saturated heterocycles. The molecule has 5 amide bonds. The molecule has 4 aliphatic heterocycles. The Morgan fingerprint density at radius 2 is 1.48 bits per heavy atom. The summed E-state index contributed by atoms with van der Waals surface area (Å²) in [5.74, 6) is -1.04. The molecule has 10 rings (SSSR count). The summed E-state index contributed by atoms with van der Waals surface area (Å²) in [6.07, 6.45) is 7.08. The first-order valence-corrected chi connectivity index (χ1v) is 22.2.